The van der Waals surface area contributed by atoms with Crippen molar-refractivity contribution in [3.05, 3.63) is 38.3 Å². The minimum absolute atomic E-state index is 0.0965. The van der Waals surface area contributed by atoms with Crippen molar-refractivity contribution in [3.63, 3.8) is 0 Å². The Kier molecular flexibility index (Phi) is 3.88. The third-order valence-corrected chi connectivity index (χ3v) is 3.38. The lowest BCUT2D eigenvalue weighted by atomic mass is 10.1. The van der Waals surface area contributed by atoms with Crippen molar-refractivity contribution in [2.24, 2.45) is 0 Å². The molecule has 0 bridgehead atoms. The van der Waals surface area contributed by atoms with Crippen LogP contribution in [0, 0.1) is 22.7 Å². The maximum atomic E-state index is 8.55. The molecule has 0 spiro atoms. The van der Waals surface area contributed by atoms with E-state index in [4.69, 9.17) is 10.5 Å². The Bertz CT molecular complexity index is 448. The zero-order chi connectivity index (χ0) is 10.6. The second kappa shape index (κ2) is 4.95. The second-order valence-corrected chi connectivity index (χ2v) is 4.16. The molecule has 1 rings (SSSR count). The van der Waals surface area contributed by atoms with Crippen LogP contribution in [0.25, 0.3) is 6.08 Å². The molecular formula is C10H4Br2N2. The molecule has 2 nitrogen and oxygen atoms in total. The van der Waals surface area contributed by atoms with Crippen molar-refractivity contribution in [1.29, 1.82) is 10.5 Å². The Labute approximate surface area is 98.7 Å². The highest BCUT2D eigenvalue weighted by Crippen LogP contribution is 2.24. The molecule has 0 fully saturated rings. The minimum Gasteiger partial charge on any atom is -0.192 e. The lowest BCUT2D eigenvalue weighted by Gasteiger charge is -1.97. The van der Waals surface area contributed by atoms with Crippen LogP contribution in [0.15, 0.2) is 32.7 Å². The van der Waals surface area contributed by atoms with Crippen LogP contribution >= 0.6 is 31.9 Å². The van der Waals surface area contributed by atoms with Gasteiger partial charge in [0.15, 0.2) is 0 Å². The first-order valence-electron chi connectivity index (χ1n) is 3.64. The van der Waals surface area contributed by atoms with Crippen molar-refractivity contribution in [2.75, 3.05) is 0 Å². The van der Waals surface area contributed by atoms with Crippen LogP contribution in [0.1, 0.15) is 5.56 Å². The Hall–Kier alpha value is -1.10. The number of hydrogen-bond acceptors (Lipinski definition) is 2. The summed E-state index contributed by atoms with van der Waals surface area (Å²) in [6.45, 7) is 0. The van der Waals surface area contributed by atoms with Gasteiger partial charge in [0.1, 0.15) is 17.7 Å². The van der Waals surface area contributed by atoms with Gasteiger partial charge in [-0.15, -0.1) is 0 Å². The van der Waals surface area contributed by atoms with Gasteiger partial charge in [0, 0.05) is 8.95 Å². The summed E-state index contributed by atoms with van der Waals surface area (Å²) in [6.07, 6.45) is 1.54. The summed E-state index contributed by atoms with van der Waals surface area (Å²) in [5, 5.41) is 17.1. The molecule has 14 heavy (non-hydrogen) atoms. The van der Waals surface area contributed by atoms with Crippen LogP contribution < -0.4 is 0 Å². The maximum absolute atomic E-state index is 8.55. The lowest BCUT2D eigenvalue weighted by Crippen LogP contribution is -1.77. The number of rotatable bonds is 1. The third kappa shape index (κ3) is 2.70. The van der Waals surface area contributed by atoms with Crippen molar-refractivity contribution in [3.8, 4) is 12.1 Å². The van der Waals surface area contributed by atoms with E-state index in [1.165, 1.54) is 6.08 Å². The van der Waals surface area contributed by atoms with Crippen molar-refractivity contribution >= 4 is 37.9 Å². The van der Waals surface area contributed by atoms with Gasteiger partial charge in [-0.2, -0.15) is 10.5 Å². The number of hydrogen-bond donors (Lipinski definition) is 0. The van der Waals surface area contributed by atoms with Crippen LogP contribution in [0.3, 0.4) is 0 Å². The molecule has 1 aromatic carbocycles. The molecular weight excluding hydrogens is 308 g/mol. The largest absolute Gasteiger partial charge is 0.192 e. The van der Waals surface area contributed by atoms with E-state index in [-0.39, 0.29) is 5.57 Å². The molecule has 1 aromatic rings. The van der Waals surface area contributed by atoms with Crippen LogP contribution in [0.4, 0.5) is 0 Å². The molecule has 0 aliphatic heterocycles. The number of halogens is 2. The van der Waals surface area contributed by atoms with E-state index in [9.17, 15) is 0 Å². The fourth-order valence-electron chi connectivity index (χ4n) is 0.858. The molecule has 0 N–H and O–H groups in total. The average Bonchev–Trinajstić information content (AvgIpc) is 2.19. The lowest BCUT2D eigenvalue weighted by molar-refractivity contribution is 1.47. The van der Waals surface area contributed by atoms with Crippen LogP contribution in [-0.4, -0.2) is 0 Å². The Morgan fingerprint density at radius 2 is 1.79 bits per heavy atom. The van der Waals surface area contributed by atoms with E-state index in [2.05, 4.69) is 31.9 Å². The van der Waals surface area contributed by atoms with Gasteiger partial charge < -0.3 is 0 Å². The number of allylic oxidation sites excluding steroid dienone is 1. The molecule has 0 radical (unpaired) electrons. The summed E-state index contributed by atoms with van der Waals surface area (Å²) in [5.41, 5.74) is 0.914. The maximum Gasteiger partial charge on any atom is 0.130 e. The SMILES string of the molecule is N#CC(C#N)=Cc1ccc(Br)c(Br)c1. The summed E-state index contributed by atoms with van der Waals surface area (Å²) < 4.78 is 1.83. The molecule has 0 atom stereocenters. The molecule has 0 unspecified atom stereocenters. The van der Waals surface area contributed by atoms with Gasteiger partial charge in [-0.05, 0) is 55.6 Å². The molecule has 0 aliphatic rings. The van der Waals surface area contributed by atoms with E-state index in [0.717, 1.165) is 14.5 Å². The zero-order valence-corrected chi connectivity index (χ0v) is 10.1. The summed E-state index contributed by atoms with van der Waals surface area (Å²) >= 11 is 6.67. The predicted octanol–water partition coefficient (Wildman–Crippen LogP) is 3.64. The van der Waals surface area contributed by atoms with E-state index in [1.807, 2.05) is 30.3 Å². The topological polar surface area (TPSA) is 47.6 Å². The average molecular weight is 312 g/mol. The van der Waals surface area contributed by atoms with Gasteiger partial charge >= 0.3 is 0 Å². The highest BCUT2D eigenvalue weighted by molar-refractivity contribution is 9.13. The number of nitrogens with zero attached hydrogens (tertiary/aromatic N) is 2. The molecule has 0 saturated heterocycles. The Morgan fingerprint density at radius 3 is 2.29 bits per heavy atom. The van der Waals surface area contributed by atoms with Gasteiger partial charge in [-0.25, -0.2) is 0 Å². The molecule has 0 aliphatic carbocycles. The summed E-state index contributed by atoms with van der Waals surface area (Å²) in [5.74, 6) is 0. The monoisotopic (exact) mass is 310 g/mol. The normalized spacial score (nSPS) is 8.57. The Morgan fingerprint density at radius 1 is 1.14 bits per heavy atom. The van der Waals surface area contributed by atoms with Crippen molar-refractivity contribution < 1.29 is 0 Å². The predicted molar refractivity (Wildman–Crippen MR) is 61.0 cm³/mol. The highest BCUT2D eigenvalue weighted by Gasteiger charge is 1.98. The molecule has 0 amide bonds. The highest BCUT2D eigenvalue weighted by atomic mass is 79.9. The summed E-state index contributed by atoms with van der Waals surface area (Å²) in [4.78, 5) is 0. The van der Waals surface area contributed by atoms with E-state index >= 15 is 0 Å². The summed E-state index contributed by atoms with van der Waals surface area (Å²) in [7, 11) is 0. The molecule has 0 aromatic heterocycles. The summed E-state index contributed by atoms with van der Waals surface area (Å²) in [6, 6.07) is 9.12. The Balaban J connectivity index is 3.13. The fourth-order valence-corrected chi connectivity index (χ4v) is 1.50. The van der Waals surface area contributed by atoms with Gasteiger partial charge in [0.25, 0.3) is 0 Å². The van der Waals surface area contributed by atoms with Crippen molar-refractivity contribution in [2.45, 2.75) is 0 Å². The first-order chi connectivity index (χ1) is 6.67. The van der Waals surface area contributed by atoms with E-state index in [1.54, 1.807) is 0 Å². The zero-order valence-electron chi connectivity index (χ0n) is 6.96. The van der Waals surface area contributed by atoms with Gasteiger partial charge in [0.05, 0.1) is 0 Å². The fraction of sp³-hybridized carbons (Fsp3) is 0. The van der Waals surface area contributed by atoms with E-state index < -0.39 is 0 Å². The molecule has 68 valence electrons. The first-order valence-corrected chi connectivity index (χ1v) is 5.23. The third-order valence-electron chi connectivity index (χ3n) is 1.50. The van der Waals surface area contributed by atoms with Crippen LogP contribution in [0.5, 0.6) is 0 Å². The van der Waals surface area contributed by atoms with Crippen LogP contribution in [0.2, 0.25) is 0 Å². The standard InChI is InChI=1S/C10H4Br2N2/c11-9-2-1-7(4-10(9)12)3-8(5-13)6-14/h1-4H. The van der Waals surface area contributed by atoms with Gasteiger partial charge in [0.2, 0.25) is 0 Å². The smallest absolute Gasteiger partial charge is 0.130 e. The minimum atomic E-state index is 0.0965. The van der Waals surface area contributed by atoms with E-state index in [0.29, 0.717) is 0 Å². The van der Waals surface area contributed by atoms with Crippen molar-refractivity contribution in [1.82, 2.24) is 0 Å². The second-order valence-electron chi connectivity index (χ2n) is 2.46. The number of nitriles is 2. The molecule has 0 heterocycles. The van der Waals surface area contributed by atoms with Crippen LogP contribution in [-0.2, 0) is 0 Å². The van der Waals surface area contributed by atoms with Gasteiger partial charge in [-0.3, -0.25) is 0 Å². The quantitative estimate of drug-likeness (QED) is 0.743. The molecule has 0 saturated carbocycles. The first kappa shape index (κ1) is 11.0. The van der Waals surface area contributed by atoms with Gasteiger partial charge in [-0.1, -0.05) is 6.07 Å². The number of benzene rings is 1. The molecule has 4 heteroatoms.